The van der Waals surface area contributed by atoms with Gasteiger partial charge in [-0.3, -0.25) is 14.5 Å². The van der Waals surface area contributed by atoms with Crippen LogP contribution in [0.5, 0.6) is 0 Å². The lowest BCUT2D eigenvalue weighted by atomic mass is 10.1. The lowest BCUT2D eigenvalue weighted by molar-refractivity contribution is -0.121. The van der Waals surface area contributed by atoms with Crippen molar-refractivity contribution in [3.63, 3.8) is 0 Å². The van der Waals surface area contributed by atoms with Crippen molar-refractivity contribution in [1.82, 2.24) is 4.98 Å². The van der Waals surface area contributed by atoms with Crippen molar-refractivity contribution in [1.29, 1.82) is 0 Å². The number of fused-ring (bicyclic) bond motifs is 3. The summed E-state index contributed by atoms with van der Waals surface area (Å²) >= 11 is 1.45. The van der Waals surface area contributed by atoms with E-state index in [4.69, 9.17) is 0 Å². The number of hydrogen-bond acceptors (Lipinski definition) is 4. The Morgan fingerprint density at radius 2 is 1.79 bits per heavy atom. The predicted molar refractivity (Wildman–Crippen MR) is 110 cm³/mol. The van der Waals surface area contributed by atoms with Crippen LogP contribution in [0.3, 0.4) is 0 Å². The van der Waals surface area contributed by atoms with Crippen LogP contribution in [0.1, 0.15) is 12.8 Å². The van der Waals surface area contributed by atoms with E-state index in [0.29, 0.717) is 18.7 Å². The van der Waals surface area contributed by atoms with Crippen LogP contribution in [0.25, 0.3) is 11.1 Å². The van der Waals surface area contributed by atoms with Crippen LogP contribution < -0.4 is 10.2 Å². The van der Waals surface area contributed by atoms with Gasteiger partial charge in [0.2, 0.25) is 5.91 Å². The van der Waals surface area contributed by atoms with Gasteiger partial charge in [-0.1, -0.05) is 54.2 Å². The smallest absolute Gasteiger partial charge is 0.262 e. The number of rotatable bonds is 3. The fourth-order valence-electron chi connectivity index (χ4n) is 3.78. The third-order valence-electron chi connectivity index (χ3n) is 5.14. The van der Waals surface area contributed by atoms with Gasteiger partial charge in [0.05, 0.1) is 5.69 Å². The van der Waals surface area contributed by atoms with Crippen molar-refractivity contribution >= 4 is 35.1 Å². The molecule has 2 aromatic carbocycles. The summed E-state index contributed by atoms with van der Waals surface area (Å²) in [5.74, 6) is 0.259. The second-order valence-electron chi connectivity index (χ2n) is 6.84. The first-order chi connectivity index (χ1) is 13.7. The van der Waals surface area contributed by atoms with E-state index in [1.54, 1.807) is 17.2 Å². The molecule has 2 amide bonds. The molecule has 28 heavy (non-hydrogen) atoms. The number of nitrogens with one attached hydrogen (secondary N) is 1. The molecular formula is C22H17N3O2S. The first kappa shape index (κ1) is 17.0. The molecule has 0 aliphatic carbocycles. The molecule has 3 aromatic rings. The number of carbonyl (C=O) groups excluding carboxylic acids is 2. The van der Waals surface area contributed by atoms with Crippen LogP contribution in [0.15, 0.2) is 77.8 Å². The maximum absolute atomic E-state index is 13.2. The minimum absolute atomic E-state index is 0.0139. The summed E-state index contributed by atoms with van der Waals surface area (Å²) in [5.41, 5.74) is 2.87. The Bertz CT molecular complexity index is 1070. The number of hydrogen-bond donors (Lipinski definition) is 1. The highest BCUT2D eigenvalue weighted by atomic mass is 32.2. The normalized spacial score (nSPS) is 20.0. The van der Waals surface area contributed by atoms with Crippen LogP contribution in [0.4, 0.5) is 11.5 Å². The number of thioether (sulfide) groups is 1. The minimum Gasteiger partial charge on any atom is -0.308 e. The highest BCUT2D eigenvalue weighted by molar-refractivity contribution is 8.02. The first-order valence-electron chi connectivity index (χ1n) is 9.11. The molecule has 0 saturated carbocycles. The third-order valence-corrected chi connectivity index (χ3v) is 6.62. The Hall–Kier alpha value is -3.12. The van der Waals surface area contributed by atoms with Gasteiger partial charge in [-0.25, -0.2) is 4.98 Å². The molecular weight excluding hydrogens is 370 g/mol. The molecule has 0 bridgehead atoms. The molecule has 2 aliphatic heterocycles. The average Bonchev–Trinajstić information content (AvgIpc) is 3.25. The SMILES string of the molecule is O=C1CCC2(C(=O)Nc3ccc(-c4ccccc4)cn3)Sc3ccccc3N12. The van der Waals surface area contributed by atoms with Crippen LogP contribution in [-0.2, 0) is 9.59 Å². The van der Waals surface area contributed by atoms with E-state index in [-0.39, 0.29) is 11.8 Å². The van der Waals surface area contributed by atoms with E-state index in [9.17, 15) is 9.59 Å². The Labute approximate surface area is 166 Å². The average molecular weight is 387 g/mol. The van der Waals surface area contributed by atoms with Crippen molar-refractivity contribution in [3.8, 4) is 11.1 Å². The highest BCUT2D eigenvalue weighted by Crippen LogP contribution is 2.55. The molecule has 1 N–H and O–H groups in total. The molecule has 1 atom stereocenters. The summed E-state index contributed by atoms with van der Waals surface area (Å²) in [6.07, 6.45) is 2.60. The summed E-state index contributed by atoms with van der Waals surface area (Å²) in [6.45, 7) is 0. The molecule has 1 unspecified atom stereocenters. The summed E-state index contributed by atoms with van der Waals surface area (Å²) in [7, 11) is 0. The summed E-state index contributed by atoms with van der Waals surface area (Å²) in [6, 6.07) is 21.4. The van der Waals surface area contributed by atoms with Gasteiger partial charge in [0.15, 0.2) is 4.87 Å². The molecule has 1 aromatic heterocycles. The lowest BCUT2D eigenvalue weighted by Gasteiger charge is -2.29. The van der Waals surface area contributed by atoms with Gasteiger partial charge >= 0.3 is 0 Å². The van der Waals surface area contributed by atoms with Gasteiger partial charge in [-0.15, -0.1) is 0 Å². The Morgan fingerprint density at radius 3 is 2.57 bits per heavy atom. The first-order valence-corrected chi connectivity index (χ1v) is 9.93. The van der Waals surface area contributed by atoms with Crippen molar-refractivity contribution in [3.05, 3.63) is 72.9 Å². The Morgan fingerprint density at radius 1 is 1.00 bits per heavy atom. The third kappa shape index (κ3) is 2.60. The number of anilines is 2. The number of carbonyl (C=O) groups is 2. The van der Waals surface area contributed by atoms with Crippen LogP contribution >= 0.6 is 11.8 Å². The fraction of sp³-hybridized carbons (Fsp3) is 0.136. The second-order valence-corrected chi connectivity index (χ2v) is 8.15. The topological polar surface area (TPSA) is 62.3 Å². The molecule has 0 spiro atoms. The maximum Gasteiger partial charge on any atom is 0.262 e. The zero-order valence-corrected chi connectivity index (χ0v) is 15.8. The number of para-hydroxylation sites is 1. The zero-order valence-electron chi connectivity index (χ0n) is 15.0. The van der Waals surface area contributed by atoms with E-state index in [2.05, 4.69) is 10.3 Å². The monoisotopic (exact) mass is 387 g/mol. The van der Waals surface area contributed by atoms with Gasteiger partial charge in [-0.2, -0.15) is 0 Å². The minimum atomic E-state index is -0.930. The van der Waals surface area contributed by atoms with Gasteiger partial charge in [0, 0.05) is 23.1 Å². The van der Waals surface area contributed by atoms with E-state index in [1.165, 1.54) is 11.8 Å². The molecule has 0 radical (unpaired) electrons. The summed E-state index contributed by atoms with van der Waals surface area (Å²) < 4.78 is 0. The maximum atomic E-state index is 13.2. The second kappa shape index (κ2) is 6.49. The number of nitrogens with zero attached hydrogens (tertiary/aromatic N) is 2. The molecule has 5 rings (SSSR count). The van der Waals surface area contributed by atoms with Crippen LogP contribution in [0.2, 0.25) is 0 Å². The number of pyridine rings is 1. The van der Waals surface area contributed by atoms with Crippen molar-refractivity contribution in [2.75, 3.05) is 10.2 Å². The molecule has 2 aliphatic rings. The summed E-state index contributed by atoms with van der Waals surface area (Å²) in [4.78, 5) is 31.8. The van der Waals surface area contributed by atoms with Gasteiger partial charge in [0.1, 0.15) is 5.82 Å². The fourth-order valence-corrected chi connectivity index (χ4v) is 5.20. The molecule has 5 nitrogen and oxygen atoms in total. The highest BCUT2D eigenvalue weighted by Gasteiger charge is 2.57. The van der Waals surface area contributed by atoms with E-state index >= 15 is 0 Å². The Kier molecular flexibility index (Phi) is 3.94. The van der Waals surface area contributed by atoms with Gasteiger partial charge < -0.3 is 5.32 Å². The van der Waals surface area contributed by atoms with E-state index < -0.39 is 4.87 Å². The largest absolute Gasteiger partial charge is 0.308 e. The number of benzene rings is 2. The quantitative estimate of drug-likeness (QED) is 0.727. The standard InChI is InChI=1S/C22H17N3O2S/c26-20-12-13-22(25(20)17-8-4-5-9-18(17)28-22)21(27)24-19-11-10-16(14-23-19)15-6-2-1-3-7-15/h1-11,14H,12-13H2,(H,23,24,27). The number of amides is 2. The number of aromatic nitrogens is 1. The molecule has 3 heterocycles. The van der Waals surface area contributed by atoms with Crippen molar-refractivity contribution < 1.29 is 9.59 Å². The zero-order chi connectivity index (χ0) is 19.1. The predicted octanol–water partition coefficient (Wildman–Crippen LogP) is 4.32. The molecule has 6 heteroatoms. The molecule has 1 saturated heterocycles. The summed E-state index contributed by atoms with van der Waals surface area (Å²) in [5, 5.41) is 2.92. The van der Waals surface area contributed by atoms with Crippen LogP contribution in [-0.4, -0.2) is 21.7 Å². The van der Waals surface area contributed by atoms with E-state index in [1.807, 2.05) is 60.7 Å². The van der Waals surface area contributed by atoms with Crippen LogP contribution in [0, 0.1) is 0 Å². The lowest BCUT2D eigenvalue weighted by Crippen LogP contribution is -2.49. The van der Waals surface area contributed by atoms with Gasteiger partial charge in [0.25, 0.3) is 5.91 Å². The van der Waals surface area contributed by atoms with Gasteiger partial charge in [-0.05, 0) is 36.2 Å². The molecule has 138 valence electrons. The van der Waals surface area contributed by atoms with Crippen molar-refractivity contribution in [2.24, 2.45) is 0 Å². The van der Waals surface area contributed by atoms with E-state index in [0.717, 1.165) is 21.7 Å². The van der Waals surface area contributed by atoms with Crippen molar-refractivity contribution in [2.45, 2.75) is 22.6 Å². The Balaban J connectivity index is 1.41. The molecule has 1 fully saturated rings.